The van der Waals surface area contributed by atoms with E-state index in [1.807, 2.05) is 30.3 Å². The first-order chi connectivity index (χ1) is 13.9. The number of fused-ring (bicyclic) bond motifs is 4. The van der Waals surface area contributed by atoms with Crippen molar-refractivity contribution >= 4 is 11.7 Å². The lowest BCUT2D eigenvalue weighted by Gasteiger charge is -2.52. The fraction of sp³-hybridized carbons (Fsp3) is 0.520. The molecule has 4 nitrogen and oxygen atoms in total. The molecule has 0 bridgehead atoms. The topological polar surface area (TPSA) is 80.4 Å². The highest BCUT2D eigenvalue weighted by atomic mass is 16.3. The number of benzene rings is 1. The molecule has 2 fully saturated rings. The second-order valence-electron chi connectivity index (χ2n) is 9.66. The van der Waals surface area contributed by atoms with E-state index in [9.17, 15) is 14.7 Å². The molecule has 0 radical (unpaired) electrons. The number of allylic oxidation sites excluding steroid dienone is 4. The molecule has 1 aromatic carbocycles. The maximum absolute atomic E-state index is 12.0. The molecular weight excluding hydrogens is 362 g/mol. The number of hydrogen-bond donors (Lipinski definition) is 2. The first kappa shape index (κ1) is 18.8. The van der Waals surface area contributed by atoms with E-state index in [1.54, 1.807) is 0 Å². The van der Waals surface area contributed by atoms with Gasteiger partial charge in [-0.3, -0.25) is 9.59 Å². The highest BCUT2D eigenvalue weighted by Crippen LogP contribution is 2.63. The number of aliphatic hydroxyl groups excluding tert-OH is 1. The van der Waals surface area contributed by atoms with E-state index < -0.39 is 5.91 Å². The lowest BCUT2D eigenvalue weighted by atomic mass is 9.53. The van der Waals surface area contributed by atoms with Crippen LogP contribution in [0.5, 0.6) is 0 Å². The van der Waals surface area contributed by atoms with Crippen LogP contribution in [0.3, 0.4) is 0 Å². The van der Waals surface area contributed by atoms with Crippen LogP contribution >= 0.6 is 0 Å². The van der Waals surface area contributed by atoms with Crippen molar-refractivity contribution in [3.8, 4) is 0 Å². The number of ketones is 1. The van der Waals surface area contributed by atoms with Crippen LogP contribution < -0.4 is 5.73 Å². The molecular formula is C25H29NO3. The van der Waals surface area contributed by atoms with Crippen LogP contribution in [0.4, 0.5) is 0 Å². The number of amides is 1. The van der Waals surface area contributed by atoms with Gasteiger partial charge in [-0.15, -0.1) is 0 Å². The third-order valence-electron chi connectivity index (χ3n) is 8.28. The molecule has 0 saturated heterocycles. The van der Waals surface area contributed by atoms with Gasteiger partial charge in [0, 0.05) is 17.9 Å². The average molecular weight is 392 g/mol. The third kappa shape index (κ3) is 2.83. The maximum Gasteiger partial charge on any atom is 0.248 e. The second kappa shape index (κ2) is 6.66. The summed E-state index contributed by atoms with van der Waals surface area (Å²) in [4.78, 5) is 23.6. The summed E-state index contributed by atoms with van der Waals surface area (Å²) < 4.78 is 0. The van der Waals surface area contributed by atoms with Gasteiger partial charge in [-0.05, 0) is 90.7 Å². The molecule has 0 aromatic heterocycles. The third-order valence-corrected chi connectivity index (χ3v) is 8.28. The van der Waals surface area contributed by atoms with Crippen molar-refractivity contribution in [1.29, 1.82) is 0 Å². The average Bonchev–Trinajstić information content (AvgIpc) is 3.01. The summed E-state index contributed by atoms with van der Waals surface area (Å²) in [6, 6.07) is 7.71. The number of hydrogen-bond acceptors (Lipinski definition) is 3. The van der Waals surface area contributed by atoms with Gasteiger partial charge in [-0.25, -0.2) is 0 Å². The summed E-state index contributed by atoms with van der Waals surface area (Å²) in [6.45, 7) is 2.28. The highest BCUT2D eigenvalue weighted by molar-refractivity contribution is 5.93. The van der Waals surface area contributed by atoms with E-state index >= 15 is 0 Å². The predicted molar refractivity (Wildman–Crippen MR) is 111 cm³/mol. The number of carbonyl (C=O) groups excluding carboxylic acids is 2. The molecule has 5 rings (SSSR count). The minimum Gasteiger partial charge on any atom is -0.393 e. The maximum atomic E-state index is 12.0. The molecule has 5 unspecified atom stereocenters. The van der Waals surface area contributed by atoms with Crippen molar-refractivity contribution in [3.63, 3.8) is 0 Å². The van der Waals surface area contributed by atoms with Gasteiger partial charge in [-0.1, -0.05) is 24.6 Å². The van der Waals surface area contributed by atoms with Gasteiger partial charge in [0.2, 0.25) is 5.91 Å². The molecule has 29 heavy (non-hydrogen) atoms. The zero-order valence-electron chi connectivity index (χ0n) is 17.0. The van der Waals surface area contributed by atoms with Crippen LogP contribution in [0.15, 0.2) is 47.1 Å². The van der Waals surface area contributed by atoms with E-state index in [-0.39, 0.29) is 23.2 Å². The molecule has 4 aliphatic rings. The Labute approximate surface area is 171 Å². The van der Waals surface area contributed by atoms with Crippen LogP contribution in [-0.4, -0.2) is 22.9 Å². The Balaban J connectivity index is 1.65. The lowest BCUT2D eigenvalue weighted by Crippen LogP contribution is -2.45. The van der Waals surface area contributed by atoms with Crippen LogP contribution in [0.1, 0.15) is 73.7 Å². The Morgan fingerprint density at radius 3 is 2.59 bits per heavy atom. The molecule has 0 heterocycles. The molecule has 0 spiro atoms. The van der Waals surface area contributed by atoms with E-state index in [0.717, 1.165) is 38.5 Å². The fourth-order valence-corrected chi connectivity index (χ4v) is 6.81. The molecule has 0 aliphatic heterocycles. The first-order valence-electron chi connectivity index (χ1n) is 10.9. The molecule has 3 N–H and O–H groups in total. The standard InChI is InChI=1S/C25H29NO3/c1-25-13-20(14-2-4-15(5-3-14)24(26)29)23-18-9-7-17(27)12-16(18)6-8-19(23)21(25)10-11-22(25)28/h2-5,12,19-22,28H,6-11,13H2,1H3,(H2,26,29). The second-order valence-corrected chi connectivity index (χ2v) is 9.66. The number of aliphatic hydroxyl groups is 1. The van der Waals surface area contributed by atoms with Crippen molar-refractivity contribution in [2.45, 2.75) is 63.9 Å². The van der Waals surface area contributed by atoms with Gasteiger partial charge < -0.3 is 10.8 Å². The normalized spacial score (nSPS) is 36.2. The largest absolute Gasteiger partial charge is 0.393 e. The Hall–Kier alpha value is -2.20. The lowest BCUT2D eigenvalue weighted by molar-refractivity contribution is -0.114. The summed E-state index contributed by atoms with van der Waals surface area (Å²) in [5, 5.41) is 10.9. The predicted octanol–water partition coefficient (Wildman–Crippen LogP) is 4.05. The smallest absolute Gasteiger partial charge is 0.248 e. The van der Waals surface area contributed by atoms with Crippen molar-refractivity contribution in [3.05, 3.63) is 58.2 Å². The summed E-state index contributed by atoms with van der Waals surface area (Å²) in [6.07, 6.45) is 8.02. The molecule has 1 amide bonds. The van der Waals surface area contributed by atoms with Crippen LogP contribution in [-0.2, 0) is 4.79 Å². The van der Waals surface area contributed by atoms with Gasteiger partial charge in [0.05, 0.1) is 6.10 Å². The van der Waals surface area contributed by atoms with Gasteiger partial charge in [0.15, 0.2) is 5.78 Å². The Bertz CT molecular complexity index is 941. The fourth-order valence-electron chi connectivity index (χ4n) is 6.81. The Morgan fingerprint density at radius 1 is 1.10 bits per heavy atom. The molecule has 2 saturated carbocycles. The number of primary amides is 1. The minimum atomic E-state index is -0.410. The van der Waals surface area contributed by atoms with Gasteiger partial charge in [-0.2, -0.15) is 0 Å². The number of carbonyl (C=O) groups is 2. The summed E-state index contributed by atoms with van der Waals surface area (Å²) >= 11 is 0. The van der Waals surface area contributed by atoms with E-state index in [1.165, 1.54) is 22.3 Å². The highest BCUT2D eigenvalue weighted by Gasteiger charge is 2.56. The van der Waals surface area contributed by atoms with Crippen LogP contribution in [0, 0.1) is 17.3 Å². The van der Waals surface area contributed by atoms with Crippen LogP contribution in [0.25, 0.3) is 0 Å². The number of nitrogens with two attached hydrogens (primary N) is 1. The zero-order valence-corrected chi connectivity index (χ0v) is 17.0. The van der Waals surface area contributed by atoms with Gasteiger partial charge >= 0.3 is 0 Å². The van der Waals surface area contributed by atoms with Crippen molar-refractivity contribution in [2.24, 2.45) is 23.0 Å². The summed E-state index contributed by atoms with van der Waals surface area (Å²) in [5.74, 6) is 1.06. The Morgan fingerprint density at radius 2 is 1.86 bits per heavy atom. The van der Waals surface area contributed by atoms with Crippen molar-refractivity contribution < 1.29 is 14.7 Å². The van der Waals surface area contributed by atoms with E-state index in [4.69, 9.17) is 5.73 Å². The summed E-state index contributed by atoms with van der Waals surface area (Å²) in [7, 11) is 0. The van der Waals surface area contributed by atoms with Gasteiger partial charge in [0.1, 0.15) is 0 Å². The zero-order chi connectivity index (χ0) is 20.3. The van der Waals surface area contributed by atoms with Crippen molar-refractivity contribution in [1.82, 2.24) is 0 Å². The number of rotatable bonds is 2. The summed E-state index contributed by atoms with van der Waals surface area (Å²) in [5.41, 5.74) is 11.2. The molecule has 152 valence electrons. The first-order valence-corrected chi connectivity index (χ1v) is 10.9. The van der Waals surface area contributed by atoms with Crippen molar-refractivity contribution in [2.75, 3.05) is 0 Å². The van der Waals surface area contributed by atoms with E-state index in [0.29, 0.717) is 23.8 Å². The van der Waals surface area contributed by atoms with E-state index in [2.05, 4.69) is 6.92 Å². The minimum absolute atomic E-state index is 0.0759. The quantitative estimate of drug-likeness (QED) is 0.798. The van der Waals surface area contributed by atoms with Gasteiger partial charge in [0.25, 0.3) is 0 Å². The van der Waals surface area contributed by atoms with Crippen LogP contribution in [0.2, 0.25) is 0 Å². The SMILES string of the molecule is CC12CC(c3ccc(C(N)=O)cc3)C3=C4CCC(=O)C=C4CCC3C1CCC2O. The molecule has 4 heteroatoms. The molecule has 1 aromatic rings. The Kier molecular flexibility index (Phi) is 4.32. The molecule has 4 aliphatic carbocycles. The monoisotopic (exact) mass is 391 g/mol. The molecule has 5 atom stereocenters.